The summed E-state index contributed by atoms with van der Waals surface area (Å²) in [7, 11) is 4.79. The first-order chi connectivity index (χ1) is 12.7. The third-order valence-corrected chi connectivity index (χ3v) is 4.03. The van der Waals surface area contributed by atoms with E-state index in [0.717, 1.165) is 30.7 Å². The lowest BCUT2D eigenvalue weighted by Crippen LogP contribution is -2.04. The van der Waals surface area contributed by atoms with Crippen LogP contribution in [0.15, 0.2) is 24.5 Å². The van der Waals surface area contributed by atoms with Crippen LogP contribution in [0.2, 0.25) is 0 Å². The molecule has 0 saturated carbocycles. The highest BCUT2D eigenvalue weighted by Crippen LogP contribution is 2.32. The lowest BCUT2D eigenvalue weighted by Gasteiger charge is -2.12. The molecule has 0 aliphatic carbocycles. The molecule has 0 radical (unpaired) electrons. The molecule has 8 nitrogen and oxygen atoms in total. The maximum Gasteiger partial charge on any atom is 0.246 e. The summed E-state index contributed by atoms with van der Waals surface area (Å²) in [5.41, 5.74) is 2.12. The minimum Gasteiger partial charge on any atom is -0.497 e. The van der Waals surface area contributed by atoms with Crippen LogP contribution in [0.4, 0.5) is 11.6 Å². The minimum absolute atomic E-state index is 0.413. The lowest BCUT2D eigenvalue weighted by atomic mass is 10.2. The van der Waals surface area contributed by atoms with Gasteiger partial charge in [0.2, 0.25) is 11.8 Å². The number of aromatic nitrogens is 4. The van der Waals surface area contributed by atoms with E-state index in [1.807, 2.05) is 16.7 Å². The first-order valence-electron chi connectivity index (χ1n) is 8.46. The summed E-state index contributed by atoms with van der Waals surface area (Å²) in [5.74, 6) is 2.18. The molecule has 1 aromatic carbocycles. The van der Waals surface area contributed by atoms with E-state index < -0.39 is 0 Å². The zero-order valence-electron chi connectivity index (χ0n) is 15.4. The number of anilines is 2. The van der Waals surface area contributed by atoms with E-state index in [4.69, 9.17) is 14.2 Å². The van der Waals surface area contributed by atoms with E-state index in [2.05, 4.69) is 27.2 Å². The molecule has 0 aliphatic rings. The van der Waals surface area contributed by atoms with Crippen LogP contribution in [0.5, 0.6) is 17.4 Å². The van der Waals surface area contributed by atoms with Crippen molar-refractivity contribution < 1.29 is 14.2 Å². The summed E-state index contributed by atoms with van der Waals surface area (Å²) >= 11 is 0. The second-order valence-corrected chi connectivity index (χ2v) is 5.71. The van der Waals surface area contributed by atoms with Crippen molar-refractivity contribution in [1.82, 2.24) is 19.5 Å². The SMILES string of the molecule is CCCCn1cnc2c(OC)nc(Nc3ccc(OC)cc3OC)nc21. The van der Waals surface area contributed by atoms with Crippen molar-refractivity contribution in [2.45, 2.75) is 26.3 Å². The number of methoxy groups -OCH3 is 3. The van der Waals surface area contributed by atoms with E-state index >= 15 is 0 Å². The number of imidazole rings is 1. The van der Waals surface area contributed by atoms with Crippen molar-refractivity contribution in [3.63, 3.8) is 0 Å². The molecule has 0 spiro atoms. The molecule has 0 unspecified atom stereocenters. The normalized spacial score (nSPS) is 10.8. The van der Waals surface area contributed by atoms with Crippen molar-refractivity contribution in [1.29, 1.82) is 0 Å². The Balaban J connectivity index is 1.99. The lowest BCUT2D eigenvalue weighted by molar-refractivity contribution is 0.395. The Morgan fingerprint density at radius 1 is 1.08 bits per heavy atom. The van der Waals surface area contributed by atoms with Crippen LogP contribution in [0, 0.1) is 0 Å². The molecule has 0 amide bonds. The Labute approximate surface area is 152 Å². The molecule has 0 saturated heterocycles. The van der Waals surface area contributed by atoms with Crippen molar-refractivity contribution in [3.05, 3.63) is 24.5 Å². The Bertz CT molecular complexity index is 894. The number of hydrogen-bond donors (Lipinski definition) is 1. The van der Waals surface area contributed by atoms with Gasteiger partial charge < -0.3 is 24.1 Å². The van der Waals surface area contributed by atoms with Crippen LogP contribution in [0.1, 0.15) is 19.8 Å². The van der Waals surface area contributed by atoms with Gasteiger partial charge in [-0.15, -0.1) is 0 Å². The quantitative estimate of drug-likeness (QED) is 0.661. The highest BCUT2D eigenvalue weighted by Gasteiger charge is 2.15. The molecule has 0 atom stereocenters. The number of fused-ring (bicyclic) bond motifs is 1. The summed E-state index contributed by atoms with van der Waals surface area (Å²) < 4.78 is 18.1. The van der Waals surface area contributed by atoms with Gasteiger partial charge in [0.1, 0.15) is 11.5 Å². The van der Waals surface area contributed by atoms with Crippen LogP contribution in [-0.4, -0.2) is 40.8 Å². The van der Waals surface area contributed by atoms with Crippen LogP contribution < -0.4 is 19.5 Å². The van der Waals surface area contributed by atoms with Gasteiger partial charge in [0, 0.05) is 12.6 Å². The molecule has 1 N–H and O–H groups in total. The van der Waals surface area contributed by atoms with Crippen LogP contribution in [-0.2, 0) is 6.54 Å². The van der Waals surface area contributed by atoms with Gasteiger partial charge in [0.25, 0.3) is 0 Å². The van der Waals surface area contributed by atoms with Crippen LogP contribution in [0.3, 0.4) is 0 Å². The molecule has 2 aromatic heterocycles. The number of ether oxygens (including phenoxy) is 3. The predicted molar refractivity (Wildman–Crippen MR) is 99.6 cm³/mol. The molecule has 3 rings (SSSR count). The van der Waals surface area contributed by atoms with Gasteiger partial charge in [-0.25, -0.2) is 4.98 Å². The van der Waals surface area contributed by atoms with E-state index in [1.54, 1.807) is 33.7 Å². The summed E-state index contributed by atoms with van der Waals surface area (Å²) in [6.07, 6.45) is 3.91. The third kappa shape index (κ3) is 3.49. The maximum atomic E-state index is 5.42. The fourth-order valence-corrected chi connectivity index (χ4v) is 2.63. The van der Waals surface area contributed by atoms with Gasteiger partial charge in [-0.2, -0.15) is 9.97 Å². The molecule has 8 heteroatoms. The first kappa shape index (κ1) is 17.8. The highest BCUT2D eigenvalue weighted by molar-refractivity contribution is 5.78. The van der Waals surface area contributed by atoms with E-state index in [1.165, 1.54) is 0 Å². The molecule has 0 bridgehead atoms. The van der Waals surface area contributed by atoms with E-state index in [9.17, 15) is 0 Å². The third-order valence-electron chi connectivity index (χ3n) is 4.03. The predicted octanol–water partition coefficient (Wildman–Crippen LogP) is 3.40. The highest BCUT2D eigenvalue weighted by atomic mass is 16.5. The molecule has 26 heavy (non-hydrogen) atoms. The smallest absolute Gasteiger partial charge is 0.246 e. The fraction of sp³-hybridized carbons (Fsp3) is 0.389. The van der Waals surface area contributed by atoms with Crippen LogP contribution >= 0.6 is 0 Å². The average molecular weight is 357 g/mol. The number of rotatable bonds is 8. The van der Waals surface area contributed by atoms with Gasteiger partial charge in [0.05, 0.1) is 33.3 Å². The first-order valence-corrected chi connectivity index (χ1v) is 8.46. The maximum absolute atomic E-state index is 5.42. The van der Waals surface area contributed by atoms with Crippen molar-refractivity contribution in [3.8, 4) is 17.4 Å². The van der Waals surface area contributed by atoms with Crippen molar-refractivity contribution in [2.75, 3.05) is 26.6 Å². The van der Waals surface area contributed by atoms with Gasteiger partial charge in [-0.3, -0.25) is 0 Å². The molecule has 3 aromatic rings. The van der Waals surface area contributed by atoms with Crippen molar-refractivity contribution >= 4 is 22.8 Å². The van der Waals surface area contributed by atoms with Crippen LogP contribution in [0.25, 0.3) is 11.2 Å². The second kappa shape index (κ2) is 7.90. The van der Waals surface area contributed by atoms with Gasteiger partial charge >= 0.3 is 0 Å². The summed E-state index contributed by atoms with van der Waals surface area (Å²) in [6.45, 7) is 3.00. The average Bonchev–Trinajstić information content (AvgIpc) is 3.08. The zero-order valence-corrected chi connectivity index (χ0v) is 15.4. The molecule has 0 aliphatic heterocycles. The zero-order chi connectivity index (χ0) is 18.5. The molecule has 138 valence electrons. The standard InChI is InChI=1S/C18H23N5O3/c1-5-6-9-23-11-19-15-16(23)21-18(22-17(15)26-4)20-13-8-7-12(24-2)10-14(13)25-3/h7-8,10-11H,5-6,9H2,1-4H3,(H,20,21,22). The number of aryl methyl sites for hydroxylation is 1. The topological polar surface area (TPSA) is 83.3 Å². The summed E-state index contributed by atoms with van der Waals surface area (Å²) in [5, 5.41) is 3.19. The molecular formula is C18H23N5O3. The molecular weight excluding hydrogens is 334 g/mol. The van der Waals surface area contributed by atoms with E-state index in [-0.39, 0.29) is 0 Å². The molecule has 2 heterocycles. The number of nitrogens with one attached hydrogen (secondary N) is 1. The number of unbranched alkanes of at least 4 members (excludes halogenated alkanes) is 1. The Kier molecular flexibility index (Phi) is 5.40. The van der Waals surface area contributed by atoms with Crippen molar-refractivity contribution in [2.24, 2.45) is 0 Å². The Hall–Kier alpha value is -3.03. The largest absolute Gasteiger partial charge is 0.497 e. The second-order valence-electron chi connectivity index (χ2n) is 5.71. The monoisotopic (exact) mass is 357 g/mol. The number of nitrogens with zero attached hydrogens (tertiary/aromatic N) is 4. The molecule has 0 fully saturated rings. The Morgan fingerprint density at radius 3 is 2.62 bits per heavy atom. The van der Waals surface area contributed by atoms with E-state index in [0.29, 0.717) is 28.8 Å². The number of hydrogen-bond acceptors (Lipinski definition) is 7. The minimum atomic E-state index is 0.413. The summed E-state index contributed by atoms with van der Waals surface area (Å²) in [6, 6.07) is 5.49. The van der Waals surface area contributed by atoms with Gasteiger partial charge in [-0.1, -0.05) is 13.3 Å². The fourth-order valence-electron chi connectivity index (χ4n) is 2.63. The Morgan fingerprint density at radius 2 is 1.92 bits per heavy atom. The van der Waals surface area contributed by atoms with Gasteiger partial charge in [0.15, 0.2) is 11.2 Å². The summed E-state index contributed by atoms with van der Waals surface area (Å²) in [4.78, 5) is 13.4. The number of benzene rings is 1. The van der Waals surface area contributed by atoms with Gasteiger partial charge in [-0.05, 0) is 18.6 Å².